The highest BCUT2D eigenvalue weighted by Crippen LogP contribution is 2.18. The molecule has 8 nitrogen and oxygen atoms in total. The second-order valence-electron chi connectivity index (χ2n) is 3.58. The van der Waals surface area contributed by atoms with Crippen LogP contribution in [0.2, 0.25) is 0 Å². The maximum atomic E-state index is 11.4. The number of nitrogens with zero attached hydrogens (tertiary/aromatic N) is 2. The van der Waals surface area contributed by atoms with Crippen LogP contribution >= 0.6 is 0 Å². The number of hydrogen-bond donors (Lipinski definition) is 2. The third kappa shape index (κ3) is 2.46. The van der Waals surface area contributed by atoms with Gasteiger partial charge in [0.25, 0.3) is 11.2 Å². The molecule has 2 N–H and O–H groups in total. The number of benzene rings is 1. The van der Waals surface area contributed by atoms with Crippen LogP contribution in [0.3, 0.4) is 0 Å². The number of aromatic amines is 1. The molecule has 1 aromatic heterocycles. The molecular formula is C11H7N3O5. The van der Waals surface area contributed by atoms with Gasteiger partial charge in [0.2, 0.25) is 0 Å². The number of aromatic carboxylic acids is 1. The van der Waals surface area contributed by atoms with E-state index in [2.05, 4.69) is 9.97 Å². The van der Waals surface area contributed by atoms with E-state index >= 15 is 0 Å². The molecule has 0 aliphatic carbocycles. The summed E-state index contributed by atoms with van der Waals surface area (Å²) in [7, 11) is 0. The molecular weight excluding hydrogens is 254 g/mol. The van der Waals surface area contributed by atoms with Crippen molar-refractivity contribution < 1.29 is 14.8 Å². The number of nitro groups is 1. The molecule has 0 fully saturated rings. The summed E-state index contributed by atoms with van der Waals surface area (Å²) in [5, 5.41) is 19.2. The Morgan fingerprint density at radius 2 is 1.95 bits per heavy atom. The SMILES string of the molecule is O=C(O)c1cnc(-c2ccc([N+](=O)[O-])cc2)[nH]c1=O. The lowest BCUT2D eigenvalue weighted by Crippen LogP contribution is -2.18. The average Bonchev–Trinajstić information content (AvgIpc) is 2.38. The molecule has 0 saturated heterocycles. The van der Waals surface area contributed by atoms with Gasteiger partial charge < -0.3 is 10.1 Å². The van der Waals surface area contributed by atoms with Crippen LogP contribution in [-0.4, -0.2) is 26.0 Å². The van der Waals surface area contributed by atoms with Gasteiger partial charge in [0.1, 0.15) is 11.4 Å². The van der Waals surface area contributed by atoms with Gasteiger partial charge in [0.05, 0.1) is 4.92 Å². The largest absolute Gasteiger partial charge is 0.477 e. The van der Waals surface area contributed by atoms with Crippen molar-refractivity contribution in [3.05, 3.63) is 56.5 Å². The number of rotatable bonds is 3. The van der Waals surface area contributed by atoms with Gasteiger partial charge in [-0.05, 0) is 12.1 Å². The minimum Gasteiger partial charge on any atom is -0.477 e. The zero-order chi connectivity index (χ0) is 14.0. The summed E-state index contributed by atoms with van der Waals surface area (Å²) in [5.41, 5.74) is -0.894. The molecule has 2 aromatic rings. The Morgan fingerprint density at radius 1 is 1.32 bits per heavy atom. The van der Waals surface area contributed by atoms with E-state index in [9.17, 15) is 19.7 Å². The van der Waals surface area contributed by atoms with E-state index in [0.29, 0.717) is 5.56 Å². The number of aromatic nitrogens is 2. The zero-order valence-electron chi connectivity index (χ0n) is 9.36. The molecule has 1 aromatic carbocycles. The molecule has 0 saturated carbocycles. The third-order valence-corrected chi connectivity index (χ3v) is 2.38. The van der Waals surface area contributed by atoms with Crippen LogP contribution in [0.4, 0.5) is 5.69 Å². The van der Waals surface area contributed by atoms with Crippen LogP contribution in [0, 0.1) is 10.1 Å². The fourth-order valence-corrected chi connectivity index (χ4v) is 1.43. The molecule has 8 heteroatoms. The van der Waals surface area contributed by atoms with Crippen molar-refractivity contribution in [2.45, 2.75) is 0 Å². The van der Waals surface area contributed by atoms with E-state index < -0.39 is 22.0 Å². The van der Waals surface area contributed by atoms with Gasteiger partial charge in [-0.1, -0.05) is 0 Å². The molecule has 0 aliphatic heterocycles. The van der Waals surface area contributed by atoms with E-state index in [1.165, 1.54) is 24.3 Å². The van der Waals surface area contributed by atoms with Crippen LogP contribution in [0.25, 0.3) is 11.4 Å². The Morgan fingerprint density at radius 3 is 2.42 bits per heavy atom. The molecule has 0 amide bonds. The number of hydrogen-bond acceptors (Lipinski definition) is 5. The van der Waals surface area contributed by atoms with Crippen molar-refractivity contribution in [3.8, 4) is 11.4 Å². The number of carbonyl (C=O) groups is 1. The molecule has 96 valence electrons. The second-order valence-corrected chi connectivity index (χ2v) is 3.58. The molecule has 0 atom stereocenters. The lowest BCUT2D eigenvalue weighted by Gasteiger charge is -2.01. The van der Waals surface area contributed by atoms with E-state index in [0.717, 1.165) is 6.20 Å². The number of carboxylic acids is 1. The summed E-state index contributed by atoms with van der Waals surface area (Å²) in [6.45, 7) is 0. The predicted octanol–water partition coefficient (Wildman–Crippen LogP) is 1.04. The lowest BCUT2D eigenvalue weighted by molar-refractivity contribution is -0.384. The summed E-state index contributed by atoms with van der Waals surface area (Å²) in [6, 6.07) is 5.36. The van der Waals surface area contributed by atoms with Crippen molar-refractivity contribution in [1.29, 1.82) is 0 Å². The van der Waals surface area contributed by atoms with Crippen molar-refractivity contribution in [2.75, 3.05) is 0 Å². The predicted molar refractivity (Wildman–Crippen MR) is 63.9 cm³/mol. The molecule has 19 heavy (non-hydrogen) atoms. The topological polar surface area (TPSA) is 126 Å². The Balaban J connectivity index is 2.42. The van der Waals surface area contributed by atoms with Crippen LogP contribution in [-0.2, 0) is 0 Å². The highest BCUT2D eigenvalue weighted by molar-refractivity contribution is 5.86. The zero-order valence-corrected chi connectivity index (χ0v) is 9.36. The molecule has 0 bridgehead atoms. The number of carboxylic acid groups (broad SMARTS) is 1. The Labute approximate surface area is 105 Å². The van der Waals surface area contributed by atoms with E-state index in [1.54, 1.807) is 0 Å². The van der Waals surface area contributed by atoms with Crippen LogP contribution < -0.4 is 5.56 Å². The standard InChI is InChI=1S/C11H7N3O5/c15-10-8(11(16)17)5-12-9(13-10)6-1-3-7(4-2-6)14(18)19/h1-5H,(H,16,17)(H,12,13,15). The lowest BCUT2D eigenvalue weighted by atomic mass is 10.2. The number of nitrogens with one attached hydrogen (secondary N) is 1. The minimum atomic E-state index is -1.37. The molecule has 2 rings (SSSR count). The molecule has 0 radical (unpaired) electrons. The first-order valence-corrected chi connectivity index (χ1v) is 5.06. The summed E-state index contributed by atoms with van der Waals surface area (Å²) >= 11 is 0. The monoisotopic (exact) mass is 261 g/mol. The van der Waals surface area contributed by atoms with Crippen molar-refractivity contribution in [3.63, 3.8) is 0 Å². The summed E-state index contributed by atoms with van der Waals surface area (Å²) in [4.78, 5) is 38.1. The molecule has 0 unspecified atom stereocenters. The number of non-ortho nitro benzene ring substituents is 1. The van der Waals surface area contributed by atoms with Gasteiger partial charge in [-0.3, -0.25) is 14.9 Å². The van der Waals surface area contributed by atoms with E-state index in [1.807, 2.05) is 0 Å². The second kappa shape index (κ2) is 4.69. The fraction of sp³-hybridized carbons (Fsp3) is 0. The maximum absolute atomic E-state index is 11.4. The van der Waals surface area contributed by atoms with Crippen LogP contribution in [0.1, 0.15) is 10.4 Å². The van der Waals surface area contributed by atoms with E-state index in [-0.39, 0.29) is 11.5 Å². The van der Waals surface area contributed by atoms with Gasteiger partial charge in [-0.25, -0.2) is 9.78 Å². The van der Waals surface area contributed by atoms with Gasteiger partial charge in [-0.2, -0.15) is 0 Å². The van der Waals surface area contributed by atoms with Crippen LogP contribution in [0.15, 0.2) is 35.3 Å². The third-order valence-electron chi connectivity index (χ3n) is 2.38. The first kappa shape index (κ1) is 12.4. The van der Waals surface area contributed by atoms with Crippen molar-refractivity contribution in [2.24, 2.45) is 0 Å². The van der Waals surface area contributed by atoms with Gasteiger partial charge in [-0.15, -0.1) is 0 Å². The quantitative estimate of drug-likeness (QED) is 0.627. The van der Waals surface area contributed by atoms with E-state index in [4.69, 9.17) is 5.11 Å². The van der Waals surface area contributed by atoms with Crippen molar-refractivity contribution in [1.82, 2.24) is 9.97 Å². The summed E-state index contributed by atoms with van der Waals surface area (Å²) in [6.07, 6.45) is 0.942. The first-order valence-electron chi connectivity index (χ1n) is 5.06. The van der Waals surface area contributed by atoms with Crippen molar-refractivity contribution >= 4 is 11.7 Å². The normalized spacial score (nSPS) is 10.1. The summed E-state index contributed by atoms with van der Waals surface area (Å²) < 4.78 is 0. The van der Waals surface area contributed by atoms with Gasteiger partial charge >= 0.3 is 5.97 Å². The maximum Gasteiger partial charge on any atom is 0.342 e. The average molecular weight is 261 g/mol. The highest BCUT2D eigenvalue weighted by Gasteiger charge is 2.11. The highest BCUT2D eigenvalue weighted by atomic mass is 16.6. The smallest absolute Gasteiger partial charge is 0.342 e. The molecule has 0 spiro atoms. The molecule has 1 heterocycles. The van der Waals surface area contributed by atoms with Gasteiger partial charge in [0, 0.05) is 23.9 Å². The first-order chi connectivity index (χ1) is 8.99. The fourth-order valence-electron chi connectivity index (χ4n) is 1.43. The van der Waals surface area contributed by atoms with Crippen LogP contribution in [0.5, 0.6) is 0 Å². The number of nitro benzene ring substituents is 1. The molecule has 0 aliphatic rings. The number of H-pyrrole nitrogens is 1. The Kier molecular flexibility index (Phi) is 3.06. The van der Waals surface area contributed by atoms with Gasteiger partial charge in [0.15, 0.2) is 0 Å². The Hall–Kier alpha value is -3.03. The Bertz CT molecular complexity index is 705. The summed E-state index contributed by atoms with van der Waals surface area (Å²) in [5.74, 6) is -1.23. The minimum absolute atomic E-state index is 0.0896.